The van der Waals surface area contributed by atoms with E-state index in [2.05, 4.69) is 161 Å². The van der Waals surface area contributed by atoms with Gasteiger partial charge < -0.3 is 4.90 Å². The fraction of sp³-hybridized carbons (Fsp3) is 0.571. The standard InChI is InChI=1S/C42H66NP3/c1-31(2)25-44(26-32(3)4)40-22-16-13-19-37(40)43(38-20-14-17-23-41(38)45(27-33(5)6)28-34(7)8)39-21-15-18-24-42(39)46(29-35(9)10)30-36(11)12/h13-24,31-36H,25-30H2,1-12H3. The predicted octanol–water partition coefficient (Wildman–Crippen LogP) is 12.4. The van der Waals surface area contributed by atoms with Crippen LogP contribution in [0, 0.1) is 35.5 Å². The van der Waals surface area contributed by atoms with Crippen LogP contribution in [-0.4, -0.2) is 37.0 Å². The molecule has 0 bridgehead atoms. The summed E-state index contributed by atoms with van der Waals surface area (Å²) < 4.78 is 0. The Morgan fingerprint density at radius 2 is 0.543 bits per heavy atom. The molecule has 0 saturated carbocycles. The summed E-state index contributed by atoms with van der Waals surface area (Å²) in [7, 11) is -0.916. The van der Waals surface area contributed by atoms with Gasteiger partial charge in [-0.25, -0.2) is 0 Å². The third-order valence-electron chi connectivity index (χ3n) is 7.90. The molecule has 0 aliphatic heterocycles. The second kappa shape index (κ2) is 19.1. The van der Waals surface area contributed by atoms with Gasteiger partial charge in [-0.1, -0.05) is 161 Å². The summed E-state index contributed by atoms with van der Waals surface area (Å²) in [5.74, 6) is 4.09. The minimum Gasteiger partial charge on any atom is -0.309 e. The number of hydrogen-bond donors (Lipinski definition) is 0. The molecule has 4 heteroatoms. The highest BCUT2D eigenvalue weighted by Crippen LogP contribution is 2.50. The Morgan fingerprint density at radius 3 is 0.739 bits per heavy atom. The Kier molecular flexibility index (Phi) is 16.2. The van der Waals surface area contributed by atoms with Crippen LogP contribution < -0.4 is 20.8 Å². The highest BCUT2D eigenvalue weighted by atomic mass is 31.1. The first-order chi connectivity index (χ1) is 21.8. The molecule has 0 radical (unpaired) electrons. The average molecular weight is 678 g/mol. The van der Waals surface area contributed by atoms with E-state index in [4.69, 9.17) is 0 Å². The summed E-state index contributed by atoms with van der Waals surface area (Å²) in [4.78, 5) is 2.77. The number of nitrogens with zero attached hydrogens (tertiary/aromatic N) is 1. The normalized spacial score (nSPS) is 12.5. The summed E-state index contributed by atoms with van der Waals surface area (Å²) >= 11 is 0. The van der Waals surface area contributed by atoms with E-state index < -0.39 is 0 Å². The van der Waals surface area contributed by atoms with E-state index in [1.54, 1.807) is 15.9 Å². The van der Waals surface area contributed by atoms with Gasteiger partial charge in [-0.05, 0) is 107 Å². The quantitative estimate of drug-likeness (QED) is 0.121. The molecule has 0 aliphatic carbocycles. The Labute approximate surface area is 289 Å². The highest BCUT2D eigenvalue weighted by molar-refractivity contribution is 7.67. The van der Waals surface area contributed by atoms with Gasteiger partial charge in [0.25, 0.3) is 0 Å². The highest BCUT2D eigenvalue weighted by Gasteiger charge is 2.29. The Hall–Kier alpha value is -1.25. The zero-order valence-corrected chi connectivity index (χ0v) is 34.1. The van der Waals surface area contributed by atoms with Gasteiger partial charge in [0.2, 0.25) is 0 Å². The smallest absolute Gasteiger partial charge is 0.0538 e. The summed E-state index contributed by atoms with van der Waals surface area (Å²) in [5.41, 5.74) is 4.26. The first-order valence-corrected chi connectivity index (χ1v) is 23.2. The topological polar surface area (TPSA) is 3.24 Å². The van der Waals surface area contributed by atoms with E-state index in [9.17, 15) is 0 Å². The van der Waals surface area contributed by atoms with Gasteiger partial charge >= 0.3 is 0 Å². The van der Waals surface area contributed by atoms with Crippen molar-refractivity contribution in [3.8, 4) is 0 Å². The summed E-state index contributed by atoms with van der Waals surface area (Å²) in [6, 6.07) is 28.6. The first kappa shape index (κ1) is 39.2. The number of para-hydroxylation sites is 3. The minimum absolute atomic E-state index is 0.305. The average Bonchev–Trinajstić information content (AvgIpc) is 2.96. The molecule has 0 spiro atoms. The molecule has 1 nitrogen and oxygen atoms in total. The van der Waals surface area contributed by atoms with Crippen molar-refractivity contribution in [3.63, 3.8) is 0 Å². The second-order valence-corrected chi connectivity index (χ2v) is 22.8. The molecule has 3 rings (SSSR count). The zero-order chi connectivity index (χ0) is 34.0. The second-order valence-electron chi connectivity index (χ2n) is 15.9. The number of anilines is 3. The predicted molar refractivity (Wildman–Crippen MR) is 219 cm³/mol. The van der Waals surface area contributed by atoms with Crippen LogP contribution in [0.15, 0.2) is 72.8 Å². The van der Waals surface area contributed by atoms with Gasteiger partial charge in [0.15, 0.2) is 0 Å². The molecule has 0 aliphatic rings. The van der Waals surface area contributed by atoms with E-state index in [0.717, 1.165) is 0 Å². The van der Waals surface area contributed by atoms with Crippen molar-refractivity contribution < 1.29 is 0 Å². The van der Waals surface area contributed by atoms with Crippen molar-refractivity contribution >= 4 is 56.7 Å². The fourth-order valence-corrected chi connectivity index (χ4v) is 15.9. The molecule has 254 valence electrons. The van der Waals surface area contributed by atoms with Crippen LogP contribution in [0.3, 0.4) is 0 Å². The lowest BCUT2D eigenvalue weighted by Crippen LogP contribution is -2.29. The fourth-order valence-electron chi connectivity index (χ4n) is 6.61. The molecule has 0 amide bonds. The monoisotopic (exact) mass is 677 g/mol. The first-order valence-electron chi connectivity index (χ1n) is 18.1. The molecule has 3 aromatic rings. The summed E-state index contributed by atoms with van der Waals surface area (Å²) in [5, 5.41) is 4.75. The molecule has 0 unspecified atom stereocenters. The third-order valence-corrected chi connectivity index (χ3v) is 18.1. The van der Waals surface area contributed by atoms with Crippen molar-refractivity contribution in [2.45, 2.75) is 83.1 Å². The van der Waals surface area contributed by atoms with Crippen LogP contribution in [0.2, 0.25) is 0 Å². The van der Waals surface area contributed by atoms with Crippen molar-refractivity contribution in [2.24, 2.45) is 35.5 Å². The van der Waals surface area contributed by atoms with Crippen molar-refractivity contribution in [2.75, 3.05) is 41.9 Å². The van der Waals surface area contributed by atoms with Gasteiger partial charge in [-0.2, -0.15) is 0 Å². The molecule has 0 aromatic heterocycles. The minimum atomic E-state index is -0.305. The molecule has 0 N–H and O–H groups in total. The lowest BCUT2D eigenvalue weighted by Gasteiger charge is -2.37. The van der Waals surface area contributed by atoms with E-state index in [1.807, 2.05) is 0 Å². The van der Waals surface area contributed by atoms with E-state index in [-0.39, 0.29) is 23.8 Å². The van der Waals surface area contributed by atoms with Crippen LogP contribution in [-0.2, 0) is 0 Å². The molecular weight excluding hydrogens is 611 g/mol. The van der Waals surface area contributed by atoms with Gasteiger partial charge in [0.05, 0.1) is 17.1 Å². The van der Waals surface area contributed by atoms with E-state index in [1.165, 1.54) is 54.0 Å². The van der Waals surface area contributed by atoms with Crippen LogP contribution in [0.4, 0.5) is 17.1 Å². The van der Waals surface area contributed by atoms with Crippen molar-refractivity contribution in [1.29, 1.82) is 0 Å². The zero-order valence-electron chi connectivity index (χ0n) is 31.4. The van der Waals surface area contributed by atoms with Gasteiger partial charge in [-0.15, -0.1) is 0 Å². The Balaban J connectivity index is 2.43. The Bertz CT molecular complexity index is 1120. The van der Waals surface area contributed by atoms with Crippen LogP contribution in [0.1, 0.15) is 83.1 Å². The van der Waals surface area contributed by atoms with Crippen molar-refractivity contribution in [3.05, 3.63) is 72.8 Å². The van der Waals surface area contributed by atoms with E-state index >= 15 is 0 Å². The SMILES string of the molecule is CC(C)CP(CC(C)C)c1ccccc1N(c1ccccc1P(CC(C)C)CC(C)C)c1ccccc1P(CC(C)C)CC(C)C. The maximum atomic E-state index is 2.77. The molecule has 3 aromatic carbocycles. The molecule has 0 fully saturated rings. The third kappa shape index (κ3) is 11.7. The summed E-state index contributed by atoms with van der Waals surface area (Å²) in [6.07, 6.45) is 7.68. The molecule has 46 heavy (non-hydrogen) atoms. The maximum Gasteiger partial charge on any atom is 0.0538 e. The molecule has 0 saturated heterocycles. The van der Waals surface area contributed by atoms with E-state index in [0.29, 0.717) is 35.5 Å². The van der Waals surface area contributed by atoms with Gasteiger partial charge in [-0.3, -0.25) is 0 Å². The van der Waals surface area contributed by atoms with Crippen molar-refractivity contribution in [1.82, 2.24) is 0 Å². The summed E-state index contributed by atoms with van der Waals surface area (Å²) in [6.45, 7) is 29.0. The lowest BCUT2D eigenvalue weighted by molar-refractivity contribution is 0.721. The molecule has 0 atom stereocenters. The van der Waals surface area contributed by atoms with Crippen LogP contribution >= 0.6 is 23.8 Å². The number of rotatable bonds is 18. The number of benzene rings is 3. The largest absolute Gasteiger partial charge is 0.309 e. The maximum absolute atomic E-state index is 2.77. The van der Waals surface area contributed by atoms with Gasteiger partial charge in [0.1, 0.15) is 0 Å². The lowest BCUT2D eigenvalue weighted by atomic mass is 10.2. The van der Waals surface area contributed by atoms with Gasteiger partial charge in [0, 0.05) is 0 Å². The van der Waals surface area contributed by atoms with Crippen LogP contribution in [0.5, 0.6) is 0 Å². The molecule has 0 heterocycles. The number of hydrogen-bond acceptors (Lipinski definition) is 1. The Morgan fingerprint density at radius 1 is 0.348 bits per heavy atom. The van der Waals surface area contributed by atoms with Crippen LogP contribution in [0.25, 0.3) is 0 Å². The molecular formula is C42H66NP3.